The smallest absolute Gasteiger partial charge is 0.135 e. The van der Waals surface area contributed by atoms with Crippen molar-refractivity contribution in [3.63, 3.8) is 0 Å². The van der Waals surface area contributed by atoms with Crippen molar-refractivity contribution in [2.75, 3.05) is 0 Å². The van der Waals surface area contributed by atoms with E-state index in [-0.39, 0.29) is 0 Å². The fourth-order valence-corrected chi connectivity index (χ4v) is 3.87. The topological polar surface area (TPSA) is 9.23 Å². The lowest BCUT2D eigenvalue weighted by atomic mass is 9.90. The Morgan fingerprint density at radius 1 is 0.742 bits per heavy atom. The molecule has 0 bridgehead atoms. The van der Waals surface area contributed by atoms with Gasteiger partial charge in [0.2, 0.25) is 0 Å². The summed E-state index contributed by atoms with van der Waals surface area (Å²) < 4.78 is 6.59. The molecular weight excluding hydrogens is 376 g/mol. The highest BCUT2D eigenvalue weighted by Crippen LogP contribution is 2.42. The minimum atomic E-state index is 0.536. The van der Waals surface area contributed by atoms with Crippen LogP contribution in [-0.4, -0.2) is 0 Å². The molecular formula is C30H29O. The number of hydrogen-bond acceptors (Lipinski definition) is 1. The van der Waals surface area contributed by atoms with E-state index in [2.05, 4.69) is 106 Å². The minimum absolute atomic E-state index is 0.536. The van der Waals surface area contributed by atoms with E-state index >= 15 is 0 Å². The Labute approximate surface area is 186 Å². The lowest BCUT2D eigenvalue weighted by Crippen LogP contribution is -2.02. The van der Waals surface area contributed by atoms with E-state index in [9.17, 15) is 0 Å². The van der Waals surface area contributed by atoms with Crippen molar-refractivity contribution >= 4 is 0 Å². The van der Waals surface area contributed by atoms with E-state index in [1.807, 2.05) is 6.07 Å². The highest BCUT2D eigenvalue weighted by molar-refractivity contribution is 5.84. The quantitative estimate of drug-likeness (QED) is 0.303. The molecule has 0 heterocycles. The van der Waals surface area contributed by atoms with E-state index < -0.39 is 0 Å². The van der Waals surface area contributed by atoms with E-state index in [1.165, 1.54) is 22.3 Å². The molecule has 0 atom stereocenters. The number of hydrogen-bond donors (Lipinski definition) is 0. The first kappa shape index (κ1) is 20.9. The Bertz CT molecular complexity index is 1120. The monoisotopic (exact) mass is 405 g/mol. The summed E-state index contributed by atoms with van der Waals surface area (Å²) in [6.07, 6.45) is 2.04. The van der Waals surface area contributed by atoms with Gasteiger partial charge in [0.1, 0.15) is 12.4 Å². The molecule has 155 valence electrons. The third kappa shape index (κ3) is 4.88. The summed E-state index contributed by atoms with van der Waals surface area (Å²) >= 11 is 0. The predicted octanol–water partition coefficient (Wildman–Crippen LogP) is 7.97. The third-order valence-electron chi connectivity index (χ3n) is 5.59. The van der Waals surface area contributed by atoms with E-state index in [4.69, 9.17) is 4.74 Å². The third-order valence-corrected chi connectivity index (χ3v) is 5.59. The summed E-state index contributed by atoms with van der Waals surface area (Å²) in [4.78, 5) is 0. The van der Waals surface area contributed by atoms with Gasteiger partial charge in [-0.15, -0.1) is 0 Å². The van der Waals surface area contributed by atoms with E-state index in [0.29, 0.717) is 6.61 Å². The number of rotatable bonds is 7. The second kappa shape index (κ2) is 9.66. The molecule has 4 aromatic carbocycles. The second-order valence-electron chi connectivity index (χ2n) is 8.14. The summed E-state index contributed by atoms with van der Waals surface area (Å²) in [6, 6.07) is 33.5. The maximum absolute atomic E-state index is 6.59. The summed E-state index contributed by atoms with van der Waals surface area (Å²) in [5.74, 6) is 0.943. The Morgan fingerprint density at radius 3 is 1.97 bits per heavy atom. The molecule has 0 saturated heterocycles. The first-order valence-corrected chi connectivity index (χ1v) is 11.0. The second-order valence-corrected chi connectivity index (χ2v) is 8.14. The molecule has 0 amide bonds. The largest absolute Gasteiger partial charge is 0.488 e. The average Bonchev–Trinajstić information content (AvgIpc) is 2.80. The molecule has 1 radical (unpaired) electrons. The van der Waals surface area contributed by atoms with Crippen molar-refractivity contribution in [2.45, 2.75) is 40.2 Å². The maximum Gasteiger partial charge on any atom is 0.135 e. The summed E-state index contributed by atoms with van der Waals surface area (Å²) in [7, 11) is 0. The standard InChI is InChI=1S/C30H29O/c1-4-8-26-19-20-28(25-15-11-22(2)12-16-25)30(31-21-24-9-6-5-7-10-24)29(26)27-17-13-23(3)14-18-27/h5-7,9-18,20H,4,8,21H2,1-3H3. The van der Waals surface area contributed by atoms with Crippen molar-refractivity contribution in [1.82, 2.24) is 0 Å². The number of benzene rings is 4. The van der Waals surface area contributed by atoms with Gasteiger partial charge in [0.25, 0.3) is 0 Å². The lowest BCUT2D eigenvalue weighted by Gasteiger charge is -2.20. The van der Waals surface area contributed by atoms with Crippen molar-refractivity contribution in [3.05, 3.63) is 113 Å². The van der Waals surface area contributed by atoms with Crippen LogP contribution in [0.2, 0.25) is 0 Å². The van der Waals surface area contributed by atoms with E-state index in [0.717, 1.165) is 40.8 Å². The SMILES string of the molecule is CCCc1[c]cc(-c2ccc(C)cc2)c(OCc2ccccc2)c1-c1ccc(C)cc1. The Kier molecular flexibility index (Phi) is 6.52. The molecule has 1 heteroatoms. The van der Waals surface area contributed by atoms with Gasteiger partial charge in [-0.25, -0.2) is 0 Å². The highest BCUT2D eigenvalue weighted by atomic mass is 16.5. The number of ether oxygens (including phenoxy) is 1. The maximum atomic E-state index is 6.59. The van der Waals surface area contributed by atoms with Gasteiger partial charge in [0, 0.05) is 11.1 Å². The van der Waals surface area contributed by atoms with Crippen molar-refractivity contribution in [3.8, 4) is 28.0 Å². The van der Waals surface area contributed by atoms with Gasteiger partial charge in [-0.1, -0.05) is 103 Å². The van der Waals surface area contributed by atoms with Crippen LogP contribution in [0.15, 0.2) is 84.9 Å². The van der Waals surface area contributed by atoms with Crippen LogP contribution in [0.4, 0.5) is 0 Å². The van der Waals surface area contributed by atoms with Crippen molar-refractivity contribution in [1.29, 1.82) is 0 Å². The highest BCUT2D eigenvalue weighted by Gasteiger charge is 2.18. The van der Waals surface area contributed by atoms with E-state index in [1.54, 1.807) is 0 Å². The summed E-state index contributed by atoms with van der Waals surface area (Å²) in [5, 5.41) is 0. The minimum Gasteiger partial charge on any atom is -0.488 e. The van der Waals surface area contributed by atoms with Crippen LogP contribution in [0.1, 0.15) is 35.6 Å². The fraction of sp³-hybridized carbons (Fsp3) is 0.200. The van der Waals surface area contributed by atoms with Crippen LogP contribution in [0, 0.1) is 19.9 Å². The molecule has 0 aliphatic rings. The van der Waals surface area contributed by atoms with Crippen LogP contribution >= 0.6 is 0 Å². The van der Waals surface area contributed by atoms with Gasteiger partial charge >= 0.3 is 0 Å². The molecule has 4 aromatic rings. The Balaban J connectivity index is 1.88. The van der Waals surface area contributed by atoms with Gasteiger partial charge in [-0.05, 0) is 54.7 Å². The first-order valence-electron chi connectivity index (χ1n) is 11.0. The molecule has 31 heavy (non-hydrogen) atoms. The summed E-state index contributed by atoms with van der Waals surface area (Å²) in [5.41, 5.74) is 9.47. The molecule has 0 unspecified atom stereocenters. The van der Waals surface area contributed by atoms with Crippen molar-refractivity contribution in [2.24, 2.45) is 0 Å². The normalized spacial score (nSPS) is 10.8. The molecule has 0 spiro atoms. The molecule has 0 N–H and O–H groups in total. The zero-order valence-corrected chi connectivity index (χ0v) is 18.6. The van der Waals surface area contributed by atoms with Gasteiger partial charge in [-0.2, -0.15) is 0 Å². The average molecular weight is 406 g/mol. The van der Waals surface area contributed by atoms with Gasteiger partial charge < -0.3 is 4.74 Å². The van der Waals surface area contributed by atoms with Gasteiger partial charge in [0.15, 0.2) is 0 Å². The van der Waals surface area contributed by atoms with Crippen LogP contribution in [0.5, 0.6) is 5.75 Å². The van der Waals surface area contributed by atoms with Gasteiger partial charge in [0.05, 0.1) is 0 Å². The lowest BCUT2D eigenvalue weighted by molar-refractivity contribution is 0.308. The van der Waals surface area contributed by atoms with Crippen LogP contribution in [0.3, 0.4) is 0 Å². The predicted molar refractivity (Wildman–Crippen MR) is 130 cm³/mol. The Hall–Kier alpha value is -3.32. The summed E-state index contributed by atoms with van der Waals surface area (Å²) in [6.45, 7) is 6.99. The zero-order chi connectivity index (χ0) is 21.6. The Morgan fingerprint density at radius 2 is 1.35 bits per heavy atom. The van der Waals surface area contributed by atoms with Crippen molar-refractivity contribution < 1.29 is 4.74 Å². The van der Waals surface area contributed by atoms with Crippen LogP contribution < -0.4 is 4.74 Å². The molecule has 0 saturated carbocycles. The van der Waals surface area contributed by atoms with Crippen LogP contribution in [0.25, 0.3) is 22.3 Å². The zero-order valence-electron chi connectivity index (χ0n) is 18.6. The molecule has 1 nitrogen and oxygen atoms in total. The molecule has 0 fully saturated rings. The van der Waals surface area contributed by atoms with Crippen LogP contribution in [-0.2, 0) is 13.0 Å². The van der Waals surface area contributed by atoms with Gasteiger partial charge in [-0.3, -0.25) is 0 Å². The molecule has 4 rings (SSSR count). The fourth-order valence-electron chi connectivity index (χ4n) is 3.87. The molecule has 0 aromatic heterocycles. The molecule has 0 aliphatic carbocycles. The molecule has 0 aliphatic heterocycles. The number of aryl methyl sites for hydroxylation is 3. The first-order chi connectivity index (χ1) is 15.2.